The average molecular weight is 297 g/mol. The number of fused-ring (bicyclic) bond motifs is 1. The quantitative estimate of drug-likeness (QED) is 0.875. The standard InChI is InChI=1S/C18H23N3O/c1-11(2)8-14-16(18(14,4)5)17(22)20-13-6-7-15-19-12(3)9-21(15)10-13/h6-10,14,16H,1-5H3,(H,20,22)/t14-,16+/m1/s1. The maximum Gasteiger partial charge on any atom is 0.228 e. The second-order valence-electron chi connectivity index (χ2n) is 7.12. The molecule has 4 heteroatoms. The summed E-state index contributed by atoms with van der Waals surface area (Å²) in [5.41, 5.74) is 3.98. The van der Waals surface area contributed by atoms with Crippen molar-refractivity contribution in [1.29, 1.82) is 0 Å². The average Bonchev–Trinajstić information content (AvgIpc) is 2.75. The smallest absolute Gasteiger partial charge is 0.228 e. The molecule has 1 fully saturated rings. The molecule has 0 aromatic carbocycles. The van der Waals surface area contributed by atoms with Gasteiger partial charge >= 0.3 is 0 Å². The van der Waals surface area contributed by atoms with Crippen LogP contribution in [0.3, 0.4) is 0 Å². The van der Waals surface area contributed by atoms with E-state index in [1.54, 1.807) is 0 Å². The second kappa shape index (κ2) is 4.97. The molecule has 116 valence electrons. The van der Waals surface area contributed by atoms with E-state index in [1.165, 1.54) is 5.57 Å². The third-order valence-electron chi connectivity index (χ3n) is 4.55. The molecule has 2 heterocycles. The van der Waals surface area contributed by atoms with Gasteiger partial charge in [-0.25, -0.2) is 4.98 Å². The largest absolute Gasteiger partial charge is 0.324 e. The molecule has 1 amide bonds. The van der Waals surface area contributed by atoms with Crippen molar-refractivity contribution in [1.82, 2.24) is 9.38 Å². The Morgan fingerprint density at radius 1 is 1.32 bits per heavy atom. The molecule has 3 rings (SSSR count). The summed E-state index contributed by atoms with van der Waals surface area (Å²) in [5, 5.41) is 3.05. The van der Waals surface area contributed by atoms with Crippen molar-refractivity contribution in [2.75, 3.05) is 5.32 Å². The molecular weight excluding hydrogens is 274 g/mol. The fraction of sp³-hybridized carbons (Fsp3) is 0.444. The third kappa shape index (κ3) is 2.54. The molecule has 0 unspecified atom stereocenters. The Hall–Kier alpha value is -2.10. The Labute approximate surface area is 131 Å². The predicted molar refractivity (Wildman–Crippen MR) is 88.8 cm³/mol. The highest BCUT2D eigenvalue weighted by Gasteiger charge is 2.60. The van der Waals surface area contributed by atoms with Crippen LogP contribution >= 0.6 is 0 Å². The molecular formula is C18H23N3O. The van der Waals surface area contributed by atoms with Gasteiger partial charge in [0.25, 0.3) is 0 Å². The number of allylic oxidation sites excluding steroid dienone is 2. The van der Waals surface area contributed by atoms with Crippen molar-refractivity contribution >= 4 is 17.2 Å². The van der Waals surface area contributed by atoms with Gasteiger partial charge in [-0.1, -0.05) is 25.5 Å². The molecule has 0 aliphatic heterocycles. The maximum atomic E-state index is 12.6. The molecule has 4 nitrogen and oxygen atoms in total. The number of aromatic nitrogens is 2. The van der Waals surface area contributed by atoms with E-state index in [4.69, 9.17) is 0 Å². The summed E-state index contributed by atoms with van der Waals surface area (Å²) in [4.78, 5) is 16.9. The Bertz CT molecular complexity index is 766. The van der Waals surface area contributed by atoms with Crippen molar-refractivity contribution < 1.29 is 4.79 Å². The molecule has 1 aliphatic carbocycles. The van der Waals surface area contributed by atoms with Gasteiger partial charge in [-0.2, -0.15) is 0 Å². The molecule has 0 bridgehead atoms. The topological polar surface area (TPSA) is 46.4 Å². The Morgan fingerprint density at radius 3 is 2.73 bits per heavy atom. The lowest BCUT2D eigenvalue weighted by molar-refractivity contribution is -0.118. The van der Waals surface area contributed by atoms with Gasteiger partial charge in [0, 0.05) is 12.4 Å². The van der Waals surface area contributed by atoms with Gasteiger partial charge in [0.1, 0.15) is 5.65 Å². The van der Waals surface area contributed by atoms with Crippen molar-refractivity contribution in [2.24, 2.45) is 17.3 Å². The molecule has 1 aliphatic rings. The fourth-order valence-electron chi connectivity index (χ4n) is 3.26. The maximum absolute atomic E-state index is 12.6. The van der Waals surface area contributed by atoms with Crippen LogP contribution in [0.25, 0.3) is 5.65 Å². The molecule has 22 heavy (non-hydrogen) atoms. The number of hydrogen-bond donors (Lipinski definition) is 1. The summed E-state index contributed by atoms with van der Waals surface area (Å²) in [6.07, 6.45) is 6.09. The molecule has 2 aromatic heterocycles. The highest BCUT2D eigenvalue weighted by molar-refractivity contribution is 5.95. The van der Waals surface area contributed by atoms with Gasteiger partial charge < -0.3 is 9.72 Å². The summed E-state index contributed by atoms with van der Waals surface area (Å²) >= 11 is 0. The second-order valence-corrected chi connectivity index (χ2v) is 7.12. The van der Waals surface area contributed by atoms with Gasteiger partial charge in [0.05, 0.1) is 17.3 Å². The Morgan fingerprint density at radius 2 is 2.05 bits per heavy atom. The first-order valence-corrected chi connectivity index (χ1v) is 7.70. The highest BCUT2D eigenvalue weighted by Crippen LogP contribution is 2.59. The zero-order valence-corrected chi connectivity index (χ0v) is 13.8. The van der Waals surface area contributed by atoms with E-state index in [0.29, 0.717) is 5.92 Å². The molecule has 2 atom stereocenters. The van der Waals surface area contributed by atoms with Crippen molar-refractivity contribution in [2.45, 2.75) is 34.6 Å². The van der Waals surface area contributed by atoms with Gasteiger partial charge in [-0.05, 0) is 44.2 Å². The van der Waals surface area contributed by atoms with E-state index in [9.17, 15) is 4.79 Å². The number of carbonyl (C=O) groups is 1. The van der Waals surface area contributed by atoms with Crippen LogP contribution in [-0.4, -0.2) is 15.3 Å². The highest BCUT2D eigenvalue weighted by atomic mass is 16.2. The number of imidazole rings is 1. The Balaban J connectivity index is 1.77. The SMILES string of the molecule is CC(C)=C[C@@H]1[C@@H](C(=O)Nc2ccc3nc(C)cn3c2)C1(C)C. The van der Waals surface area contributed by atoms with Crippen LogP contribution < -0.4 is 5.32 Å². The monoisotopic (exact) mass is 297 g/mol. The first-order valence-electron chi connectivity index (χ1n) is 7.70. The molecule has 0 radical (unpaired) electrons. The van der Waals surface area contributed by atoms with Crippen molar-refractivity contribution in [3.63, 3.8) is 0 Å². The molecule has 1 saturated carbocycles. The lowest BCUT2D eigenvalue weighted by Gasteiger charge is -2.06. The van der Waals surface area contributed by atoms with Crippen LogP contribution in [0, 0.1) is 24.2 Å². The van der Waals surface area contributed by atoms with Crippen LogP contribution in [0.1, 0.15) is 33.4 Å². The van der Waals surface area contributed by atoms with E-state index in [-0.39, 0.29) is 17.2 Å². The number of hydrogen-bond acceptors (Lipinski definition) is 2. The third-order valence-corrected chi connectivity index (χ3v) is 4.55. The van der Waals surface area contributed by atoms with Gasteiger partial charge in [0.2, 0.25) is 5.91 Å². The zero-order valence-electron chi connectivity index (χ0n) is 13.8. The van der Waals surface area contributed by atoms with Crippen molar-refractivity contribution in [3.05, 3.63) is 41.9 Å². The van der Waals surface area contributed by atoms with E-state index in [2.05, 4.69) is 44.1 Å². The van der Waals surface area contributed by atoms with Crippen LogP contribution in [0.5, 0.6) is 0 Å². The minimum atomic E-state index is 0.0387. The Kier molecular flexibility index (Phi) is 3.35. The van der Waals surface area contributed by atoms with E-state index in [0.717, 1.165) is 17.0 Å². The van der Waals surface area contributed by atoms with Crippen LogP contribution in [0.15, 0.2) is 36.2 Å². The first-order chi connectivity index (χ1) is 10.3. The number of nitrogens with zero attached hydrogens (tertiary/aromatic N) is 2. The molecule has 0 spiro atoms. The normalized spacial score (nSPS) is 22.4. The first kappa shape index (κ1) is 14.8. The van der Waals surface area contributed by atoms with Crippen molar-refractivity contribution in [3.8, 4) is 0 Å². The lowest BCUT2D eigenvalue weighted by Crippen LogP contribution is -2.17. The van der Waals surface area contributed by atoms with E-state index >= 15 is 0 Å². The molecule has 2 aromatic rings. The number of pyridine rings is 1. The number of amides is 1. The molecule has 1 N–H and O–H groups in total. The van der Waals surface area contributed by atoms with Crippen LogP contribution in [-0.2, 0) is 4.79 Å². The number of anilines is 1. The summed E-state index contributed by atoms with van der Waals surface area (Å²) < 4.78 is 1.94. The van der Waals surface area contributed by atoms with Crippen LogP contribution in [0.4, 0.5) is 5.69 Å². The number of nitrogens with one attached hydrogen (secondary N) is 1. The van der Waals surface area contributed by atoms with Gasteiger partial charge in [-0.3, -0.25) is 4.79 Å². The summed E-state index contributed by atoms with van der Waals surface area (Å²) in [6, 6.07) is 3.83. The minimum absolute atomic E-state index is 0.0387. The van der Waals surface area contributed by atoms with Gasteiger partial charge in [0.15, 0.2) is 0 Å². The minimum Gasteiger partial charge on any atom is -0.324 e. The zero-order chi connectivity index (χ0) is 16.1. The molecule has 0 saturated heterocycles. The van der Waals surface area contributed by atoms with Gasteiger partial charge in [-0.15, -0.1) is 0 Å². The fourth-order valence-corrected chi connectivity index (χ4v) is 3.26. The summed E-state index contributed by atoms with van der Waals surface area (Å²) in [5.74, 6) is 0.475. The summed E-state index contributed by atoms with van der Waals surface area (Å²) in [7, 11) is 0. The van der Waals surface area contributed by atoms with Crippen LogP contribution in [0.2, 0.25) is 0 Å². The van der Waals surface area contributed by atoms with E-state index in [1.807, 2.05) is 35.9 Å². The number of rotatable bonds is 3. The lowest BCUT2D eigenvalue weighted by atomic mass is 10.1. The predicted octanol–water partition coefficient (Wildman–Crippen LogP) is 3.82. The van der Waals surface area contributed by atoms with E-state index < -0.39 is 0 Å². The number of aryl methyl sites for hydroxylation is 1. The summed E-state index contributed by atoms with van der Waals surface area (Å²) in [6.45, 7) is 10.4. The number of carbonyl (C=O) groups excluding carboxylic acids is 1.